The summed E-state index contributed by atoms with van der Waals surface area (Å²) in [5, 5.41) is 12.3. The molecule has 0 aliphatic heterocycles. The molecule has 0 bridgehead atoms. The number of benzene rings is 2. The molecule has 0 amide bonds. The van der Waals surface area contributed by atoms with Gasteiger partial charge in [0.1, 0.15) is 9.40 Å². The number of hydrogen-bond acceptors (Lipinski definition) is 4. The van der Waals surface area contributed by atoms with Crippen LogP contribution in [0, 0.1) is 13.8 Å². The number of nitrogens with one attached hydrogen (secondary N) is 2. The number of aromatic amines is 2. The number of fused-ring (bicyclic) bond motifs is 2. The molecule has 0 fully saturated rings. The number of carboxylic acids is 1. The van der Waals surface area contributed by atoms with Crippen molar-refractivity contribution >= 4 is 49.1 Å². The Labute approximate surface area is 190 Å². The number of carbonyl (C=O) groups is 1. The Bertz CT molecular complexity index is 876. The van der Waals surface area contributed by atoms with Crippen molar-refractivity contribution in [2.75, 3.05) is 0 Å². The quantitative estimate of drug-likeness (QED) is 0.402. The molecule has 0 saturated heterocycles. The first-order chi connectivity index (χ1) is 13.5. The van der Waals surface area contributed by atoms with Gasteiger partial charge in [-0.2, -0.15) is 9.97 Å². The van der Waals surface area contributed by atoms with E-state index in [0.29, 0.717) is 0 Å². The van der Waals surface area contributed by atoms with E-state index in [1.54, 1.807) is 22.7 Å². The summed E-state index contributed by atoms with van der Waals surface area (Å²) in [7, 11) is 0. The lowest BCUT2D eigenvalue weighted by molar-refractivity contribution is -0.348. The molecule has 2 aromatic carbocycles. The topological polar surface area (TPSA) is 68.4 Å². The molecule has 0 radical (unpaired) electrons. The minimum atomic E-state index is -0.932. The van der Waals surface area contributed by atoms with E-state index in [2.05, 4.69) is 60.2 Å². The van der Waals surface area contributed by atoms with Gasteiger partial charge in [0.05, 0.1) is 0 Å². The first-order valence-corrected chi connectivity index (χ1v) is 11.1. The lowest BCUT2D eigenvalue weighted by Crippen LogP contribution is -3.00. The molecule has 0 aliphatic carbocycles. The average molecular weight is 496 g/mol. The van der Waals surface area contributed by atoms with E-state index < -0.39 is 5.97 Å². The molecule has 2 aromatic heterocycles. The van der Waals surface area contributed by atoms with Crippen LogP contribution in [0.2, 0.25) is 0 Å². The van der Waals surface area contributed by atoms with Gasteiger partial charge < -0.3 is 26.9 Å². The van der Waals surface area contributed by atoms with Crippen LogP contribution >= 0.6 is 22.7 Å². The van der Waals surface area contributed by atoms with Crippen LogP contribution in [-0.2, 0) is 4.79 Å². The van der Waals surface area contributed by atoms with Gasteiger partial charge in [-0.05, 0) is 25.0 Å². The second kappa shape index (κ2) is 13.4. The first kappa shape index (κ1) is 25.2. The Kier molecular flexibility index (Phi) is 11.7. The molecule has 4 nitrogen and oxygen atoms in total. The number of hydrogen-bond donors (Lipinski definition) is 0. The molecule has 4 aromatic rings. The minimum Gasteiger partial charge on any atom is -1.00 e. The fraction of sp³-hybridized carbons (Fsp3) is 0.318. The molecule has 0 spiro atoms. The fourth-order valence-electron chi connectivity index (χ4n) is 2.60. The van der Waals surface area contributed by atoms with Crippen LogP contribution in [0.3, 0.4) is 0 Å². The highest BCUT2D eigenvalue weighted by molar-refractivity contribution is 7.18. The standard InChI is InChI=1S/2C8H7NS.C6H12O2.BrH/c2*1-6-9-7-4-2-3-5-8(7)10-6;1-2-3-4-5-6(7)8;/h2*2-5H,1H3;2-5H2,1H3,(H,7,8);1H. The maximum absolute atomic E-state index is 9.76. The summed E-state index contributed by atoms with van der Waals surface area (Å²) >= 11 is 3.59. The highest BCUT2D eigenvalue weighted by Gasteiger charge is 2.04. The first-order valence-electron chi connectivity index (χ1n) is 9.44. The number of aliphatic carboxylic acids is 1. The zero-order valence-electron chi connectivity index (χ0n) is 17.0. The number of carbonyl (C=O) groups excluding carboxylic acids is 1. The summed E-state index contributed by atoms with van der Waals surface area (Å²) in [6.45, 7) is 6.21. The lowest BCUT2D eigenvalue weighted by atomic mass is 10.2. The molecule has 7 heteroatoms. The van der Waals surface area contributed by atoms with Crippen molar-refractivity contribution in [3.05, 3.63) is 58.5 Å². The van der Waals surface area contributed by atoms with Crippen molar-refractivity contribution in [3.63, 3.8) is 0 Å². The third-order valence-electron chi connectivity index (χ3n) is 3.91. The maximum atomic E-state index is 9.76. The number of para-hydroxylation sites is 2. The van der Waals surface area contributed by atoms with Crippen molar-refractivity contribution in [3.8, 4) is 0 Å². The van der Waals surface area contributed by atoms with Gasteiger partial charge >= 0.3 is 0 Å². The predicted molar refractivity (Wildman–Crippen MR) is 115 cm³/mol. The molecular formula is C22H27BrN2O2S2. The smallest absolute Gasteiger partial charge is 0.233 e. The van der Waals surface area contributed by atoms with Crippen LogP contribution in [0.1, 0.15) is 42.6 Å². The van der Waals surface area contributed by atoms with Crippen LogP contribution in [0.25, 0.3) is 20.4 Å². The summed E-state index contributed by atoms with van der Waals surface area (Å²) < 4.78 is 2.67. The molecule has 0 saturated carbocycles. The van der Waals surface area contributed by atoms with Gasteiger partial charge in [0.25, 0.3) is 0 Å². The van der Waals surface area contributed by atoms with E-state index in [1.165, 1.54) is 30.4 Å². The van der Waals surface area contributed by atoms with E-state index in [9.17, 15) is 9.90 Å². The number of H-pyrrole nitrogens is 2. The zero-order valence-corrected chi connectivity index (χ0v) is 20.2. The molecule has 156 valence electrons. The van der Waals surface area contributed by atoms with Gasteiger partial charge in [-0.15, -0.1) is 0 Å². The van der Waals surface area contributed by atoms with E-state index in [1.807, 2.05) is 19.1 Å². The fourth-order valence-corrected chi connectivity index (χ4v) is 4.33. The molecular weight excluding hydrogens is 468 g/mol. The Morgan fingerprint density at radius 3 is 1.69 bits per heavy atom. The number of halogens is 1. The number of carboxylic acid groups (broad SMARTS) is 1. The van der Waals surface area contributed by atoms with Crippen LogP contribution in [-0.4, -0.2) is 5.97 Å². The predicted octanol–water partition coefficient (Wildman–Crippen LogP) is 1.37. The summed E-state index contributed by atoms with van der Waals surface area (Å²) in [6, 6.07) is 16.7. The Morgan fingerprint density at radius 2 is 1.31 bits per heavy atom. The number of aromatic nitrogens is 2. The molecule has 0 aliphatic rings. The molecule has 0 unspecified atom stereocenters. The Morgan fingerprint density at radius 1 is 0.862 bits per heavy atom. The van der Waals surface area contributed by atoms with E-state index in [0.717, 1.165) is 19.3 Å². The average Bonchev–Trinajstić information content (AvgIpc) is 3.23. The van der Waals surface area contributed by atoms with Crippen LogP contribution in [0.5, 0.6) is 0 Å². The van der Waals surface area contributed by atoms with Crippen molar-refractivity contribution in [2.45, 2.75) is 46.5 Å². The summed E-state index contributed by atoms with van der Waals surface area (Å²) in [6.07, 6.45) is 3.04. The number of rotatable bonds is 4. The second-order valence-corrected chi connectivity index (χ2v) is 8.90. The SMILES string of the molecule is CCCCCC(=O)[O-].Cc1[nH+]c2ccccc2s1.Cc1[nH+]c2ccccc2s1.[Br-]. The third kappa shape index (κ3) is 9.02. The highest BCUT2D eigenvalue weighted by atomic mass is 79.9. The minimum absolute atomic E-state index is 0. The normalized spacial score (nSPS) is 9.76. The van der Waals surface area contributed by atoms with Gasteiger partial charge in [-0.25, -0.2) is 0 Å². The number of aryl methyl sites for hydroxylation is 2. The maximum Gasteiger partial charge on any atom is 0.233 e. The Hall–Kier alpha value is -1.83. The van der Waals surface area contributed by atoms with Gasteiger partial charge in [0.15, 0.2) is 0 Å². The largest absolute Gasteiger partial charge is 1.00 e. The lowest BCUT2D eigenvalue weighted by Gasteiger charge is -1.97. The second-order valence-electron chi connectivity index (χ2n) is 6.39. The highest BCUT2D eigenvalue weighted by Crippen LogP contribution is 2.17. The van der Waals surface area contributed by atoms with Gasteiger partial charge in [0, 0.05) is 31.9 Å². The van der Waals surface area contributed by atoms with E-state index in [4.69, 9.17) is 0 Å². The van der Waals surface area contributed by atoms with Gasteiger partial charge in [0.2, 0.25) is 21.0 Å². The van der Waals surface area contributed by atoms with Gasteiger partial charge in [-0.1, -0.05) is 66.7 Å². The van der Waals surface area contributed by atoms with E-state index >= 15 is 0 Å². The molecule has 0 atom stereocenters. The summed E-state index contributed by atoms with van der Waals surface area (Å²) in [4.78, 5) is 16.3. The number of unbranched alkanes of at least 4 members (excludes halogenated alkanes) is 2. The summed E-state index contributed by atoms with van der Waals surface area (Å²) in [5.41, 5.74) is 2.48. The van der Waals surface area contributed by atoms with Crippen molar-refractivity contribution in [1.82, 2.24) is 0 Å². The molecule has 4 rings (SSSR count). The Balaban J connectivity index is 0.000000216. The van der Waals surface area contributed by atoms with Gasteiger partial charge in [-0.3, -0.25) is 0 Å². The molecule has 29 heavy (non-hydrogen) atoms. The van der Waals surface area contributed by atoms with Crippen LogP contribution < -0.4 is 32.1 Å². The number of thiazole rings is 2. The monoisotopic (exact) mass is 494 g/mol. The molecule has 2 N–H and O–H groups in total. The third-order valence-corrected chi connectivity index (χ3v) is 5.87. The van der Waals surface area contributed by atoms with E-state index in [-0.39, 0.29) is 23.4 Å². The van der Waals surface area contributed by atoms with Crippen molar-refractivity contribution in [1.29, 1.82) is 0 Å². The van der Waals surface area contributed by atoms with Crippen LogP contribution in [0.15, 0.2) is 48.5 Å². The van der Waals surface area contributed by atoms with Crippen LogP contribution in [0.4, 0.5) is 0 Å². The zero-order chi connectivity index (χ0) is 20.4. The van der Waals surface area contributed by atoms with Crippen molar-refractivity contribution < 1.29 is 36.9 Å². The van der Waals surface area contributed by atoms with Crippen molar-refractivity contribution in [2.24, 2.45) is 0 Å². The molecule has 2 heterocycles. The summed E-state index contributed by atoms with van der Waals surface area (Å²) in [5.74, 6) is -0.932.